The summed E-state index contributed by atoms with van der Waals surface area (Å²) in [5.41, 5.74) is 2.13. The van der Waals surface area contributed by atoms with Crippen LogP contribution in [-0.4, -0.2) is 41.9 Å². The lowest BCUT2D eigenvalue weighted by molar-refractivity contribution is -0.121. The highest BCUT2D eigenvalue weighted by Crippen LogP contribution is 2.15. The van der Waals surface area contributed by atoms with Crippen molar-refractivity contribution in [3.8, 4) is 0 Å². The third kappa shape index (κ3) is 4.70. The zero-order valence-corrected chi connectivity index (χ0v) is 10.5. The molecule has 6 heteroatoms. The van der Waals surface area contributed by atoms with Gasteiger partial charge in [0.1, 0.15) is 0 Å². The van der Waals surface area contributed by atoms with Gasteiger partial charge < -0.3 is 5.32 Å². The molecule has 1 aliphatic heterocycles. The number of amides is 2. The standard InChI is InChI=1S/C11H22N4O2/c1-8(3-4-11(17)14-12)15-6-5-10(7-15)13-9(2)16/h8,10H,3-7,12H2,1-2H3,(H,13,16)(H,14,17). The van der Waals surface area contributed by atoms with Crippen LogP contribution in [0.3, 0.4) is 0 Å². The molecular weight excluding hydrogens is 220 g/mol. The largest absolute Gasteiger partial charge is 0.352 e. The second-order valence-corrected chi connectivity index (χ2v) is 4.64. The van der Waals surface area contributed by atoms with Gasteiger partial charge in [-0.1, -0.05) is 0 Å². The second-order valence-electron chi connectivity index (χ2n) is 4.64. The Morgan fingerprint density at radius 1 is 1.53 bits per heavy atom. The van der Waals surface area contributed by atoms with E-state index < -0.39 is 0 Å². The second kappa shape index (κ2) is 6.56. The Morgan fingerprint density at radius 2 is 2.24 bits per heavy atom. The van der Waals surface area contributed by atoms with Crippen molar-refractivity contribution in [3.63, 3.8) is 0 Å². The van der Waals surface area contributed by atoms with E-state index in [-0.39, 0.29) is 17.9 Å². The number of hydrazine groups is 1. The van der Waals surface area contributed by atoms with Crippen molar-refractivity contribution in [2.24, 2.45) is 5.84 Å². The zero-order valence-electron chi connectivity index (χ0n) is 10.5. The van der Waals surface area contributed by atoms with Crippen LogP contribution in [0, 0.1) is 0 Å². The van der Waals surface area contributed by atoms with Crippen molar-refractivity contribution < 1.29 is 9.59 Å². The monoisotopic (exact) mass is 242 g/mol. The Labute approximate surface area is 102 Å². The molecular formula is C11H22N4O2. The number of nitrogens with two attached hydrogens (primary N) is 1. The van der Waals surface area contributed by atoms with Crippen LogP contribution in [0.5, 0.6) is 0 Å². The SMILES string of the molecule is CC(=O)NC1CCN(C(C)CCC(=O)NN)C1. The van der Waals surface area contributed by atoms with Gasteiger partial charge in [-0.3, -0.25) is 19.9 Å². The predicted octanol–water partition coefficient (Wildman–Crippen LogP) is -0.645. The molecule has 98 valence electrons. The molecule has 0 aromatic rings. The number of carbonyl (C=O) groups is 2. The molecule has 1 rings (SSSR count). The van der Waals surface area contributed by atoms with Crippen LogP contribution in [0.2, 0.25) is 0 Å². The number of nitrogens with one attached hydrogen (secondary N) is 2. The first-order valence-corrected chi connectivity index (χ1v) is 6.03. The fourth-order valence-corrected chi connectivity index (χ4v) is 2.19. The molecule has 2 atom stereocenters. The van der Waals surface area contributed by atoms with Crippen LogP contribution in [0.4, 0.5) is 0 Å². The average Bonchev–Trinajstić information content (AvgIpc) is 2.72. The number of hydrogen-bond donors (Lipinski definition) is 3. The lowest BCUT2D eigenvalue weighted by atomic mass is 10.1. The smallest absolute Gasteiger partial charge is 0.233 e. The van der Waals surface area contributed by atoms with Gasteiger partial charge in [-0.2, -0.15) is 0 Å². The molecule has 0 aliphatic carbocycles. The van der Waals surface area contributed by atoms with E-state index in [1.807, 2.05) is 0 Å². The molecule has 0 aromatic heterocycles. The molecule has 1 heterocycles. The van der Waals surface area contributed by atoms with Gasteiger partial charge in [-0.15, -0.1) is 0 Å². The molecule has 0 bridgehead atoms. The maximum Gasteiger partial charge on any atom is 0.233 e. The van der Waals surface area contributed by atoms with Crippen molar-refractivity contribution >= 4 is 11.8 Å². The number of hydrogen-bond acceptors (Lipinski definition) is 4. The minimum atomic E-state index is -0.130. The van der Waals surface area contributed by atoms with Gasteiger partial charge in [-0.05, 0) is 19.8 Å². The number of carbonyl (C=O) groups excluding carboxylic acids is 2. The van der Waals surface area contributed by atoms with E-state index in [0.29, 0.717) is 12.5 Å². The fraction of sp³-hybridized carbons (Fsp3) is 0.818. The Hall–Kier alpha value is -1.14. The summed E-state index contributed by atoms with van der Waals surface area (Å²) in [5.74, 6) is 4.92. The molecule has 1 aliphatic rings. The minimum absolute atomic E-state index is 0.0204. The van der Waals surface area contributed by atoms with E-state index >= 15 is 0 Å². The van der Waals surface area contributed by atoms with Gasteiger partial charge in [0.05, 0.1) is 0 Å². The van der Waals surface area contributed by atoms with E-state index in [0.717, 1.165) is 25.9 Å². The van der Waals surface area contributed by atoms with E-state index in [2.05, 4.69) is 22.6 Å². The first-order valence-electron chi connectivity index (χ1n) is 6.03. The summed E-state index contributed by atoms with van der Waals surface area (Å²) in [6.07, 6.45) is 2.21. The lowest BCUT2D eigenvalue weighted by Gasteiger charge is -2.24. The topological polar surface area (TPSA) is 87.5 Å². The van der Waals surface area contributed by atoms with Crippen molar-refractivity contribution in [2.75, 3.05) is 13.1 Å². The molecule has 6 nitrogen and oxygen atoms in total. The van der Waals surface area contributed by atoms with Crippen LogP contribution < -0.4 is 16.6 Å². The van der Waals surface area contributed by atoms with Crippen LogP contribution in [-0.2, 0) is 9.59 Å². The molecule has 1 saturated heterocycles. The normalized spacial score (nSPS) is 22.2. The molecule has 2 amide bonds. The zero-order chi connectivity index (χ0) is 12.8. The lowest BCUT2D eigenvalue weighted by Crippen LogP contribution is -2.38. The van der Waals surface area contributed by atoms with Crippen LogP contribution in [0.1, 0.15) is 33.1 Å². The van der Waals surface area contributed by atoms with Crippen molar-refractivity contribution in [2.45, 2.75) is 45.2 Å². The molecule has 0 spiro atoms. The van der Waals surface area contributed by atoms with Gasteiger partial charge >= 0.3 is 0 Å². The molecule has 1 fully saturated rings. The predicted molar refractivity (Wildman–Crippen MR) is 64.8 cm³/mol. The summed E-state index contributed by atoms with van der Waals surface area (Å²) in [4.78, 5) is 24.3. The van der Waals surface area contributed by atoms with Crippen molar-refractivity contribution in [1.29, 1.82) is 0 Å². The fourth-order valence-electron chi connectivity index (χ4n) is 2.19. The van der Waals surface area contributed by atoms with Gasteiger partial charge in [0.25, 0.3) is 0 Å². The van der Waals surface area contributed by atoms with Gasteiger partial charge in [0.15, 0.2) is 0 Å². The van der Waals surface area contributed by atoms with Crippen LogP contribution in [0.15, 0.2) is 0 Å². The highest BCUT2D eigenvalue weighted by molar-refractivity contribution is 5.75. The number of nitrogens with zero attached hydrogens (tertiary/aromatic N) is 1. The summed E-state index contributed by atoms with van der Waals surface area (Å²) in [6, 6.07) is 0.587. The molecule has 4 N–H and O–H groups in total. The summed E-state index contributed by atoms with van der Waals surface area (Å²) in [5, 5.41) is 2.92. The Balaban J connectivity index is 2.27. The van der Waals surface area contributed by atoms with E-state index in [1.165, 1.54) is 6.92 Å². The highest BCUT2D eigenvalue weighted by Gasteiger charge is 2.26. The van der Waals surface area contributed by atoms with Gasteiger partial charge in [-0.25, -0.2) is 5.84 Å². The maximum atomic E-state index is 11.0. The van der Waals surface area contributed by atoms with E-state index in [1.54, 1.807) is 0 Å². The Bertz CT molecular complexity index is 283. The summed E-state index contributed by atoms with van der Waals surface area (Å²) in [7, 11) is 0. The molecule has 0 radical (unpaired) electrons. The van der Waals surface area contributed by atoms with Crippen LogP contribution >= 0.6 is 0 Å². The molecule has 17 heavy (non-hydrogen) atoms. The van der Waals surface area contributed by atoms with E-state index in [4.69, 9.17) is 5.84 Å². The number of rotatable bonds is 5. The molecule has 0 saturated carbocycles. The summed E-state index contributed by atoms with van der Waals surface area (Å²) in [6.45, 7) is 5.47. The van der Waals surface area contributed by atoms with Crippen molar-refractivity contribution in [3.05, 3.63) is 0 Å². The van der Waals surface area contributed by atoms with Crippen molar-refractivity contribution in [1.82, 2.24) is 15.6 Å². The minimum Gasteiger partial charge on any atom is -0.352 e. The summed E-state index contributed by atoms with van der Waals surface area (Å²) < 4.78 is 0. The average molecular weight is 242 g/mol. The quantitative estimate of drug-likeness (QED) is 0.340. The van der Waals surface area contributed by atoms with Gasteiger partial charge in [0, 0.05) is 38.5 Å². The molecule has 2 unspecified atom stereocenters. The Morgan fingerprint density at radius 3 is 2.82 bits per heavy atom. The third-order valence-corrected chi connectivity index (χ3v) is 3.20. The first-order chi connectivity index (χ1) is 8.02. The van der Waals surface area contributed by atoms with Gasteiger partial charge in [0.2, 0.25) is 11.8 Å². The first kappa shape index (κ1) is 13.9. The Kier molecular flexibility index (Phi) is 5.37. The third-order valence-electron chi connectivity index (χ3n) is 3.20. The molecule has 0 aromatic carbocycles. The highest BCUT2D eigenvalue weighted by atomic mass is 16.2. The summed E-state index contributed by atoms with van der Waals surface area (Å²) >= 11 is 0. The number of likely N-dealkylation sites (tertiary alicyclic amines) is 1. The van der Waals surface area contributed by atoms with Crippen LogP contribution in [0.25, 0.3) is 0 Å². The maximum absolute atomic E-state index is 11.0. The van der Waals surface area contributed by atoms with E-state index in [9.17, 15) is 9.59 Å².